The Labute approximate surface area is 172 Å². The summed E-state index contributed by atoms with van der Waals surface area (Å²) in [6.07, 6.45) is 4.76. The minimum absolute atomic E-state index is 0.327. The molecular weight excluding hydrogens is 382 g/mol. The lowest BCUT2D eigenvalue weighted by molar-refractivity contribution is 0.143. The van der Waals surface area contributed by atoms with Gasteiger partial charge in [-0.1, -0.05) is 11.8 Å². The Bertz CT molecular complexity index is 1270. The van der Waals surface area contributed by atoms with Gasteiger partial charge in [0.15, 0.2) is 0 Å². The van der Waals surface area contributed by atoms with Crippen molar-refractivity contribution >= 4 is 22.5 Å². The molecule has 0 amide bonds. The lowest BCUT2D eigenvalue weighted by Gasteiger charge is -2.09. The number of hydrogen-bond donors (Lipinski definition) is 2. The fourth-order valence-corrected chi connectivity index (χ4v) is 2.70. The first kappa shape index (κ1) is 19.3. The molecule has 0 saturated heterocycles. The van der Waals surface area contributed by atoms with Crippen LogP contribution in [0.25, 0.3) is 16.9 Å². The van der Waals surface area contributed by atoms with Gasteiger partial charge < -0.3 is 15.2 Å². The molecule has 9 heteroatoms. The molecule has 9 nitrogen and oxygen atoms in total. The predicted molar refractivity (Wildman–Crippen MR) is 112 cm³/mol. The van der Waals surface area contributed by atoms with Crippen molar-refractivity contribution in [3.05, 3.63) is 54.6 Å². The molecule has 0 fully saturated rings. The molecule has 150 valence electrons. The second kappa shape index (κ2) is 7.77. The van der Waals surface area contributed by atoms with Gasteiger partial charge in [-0.3, -0.25) is 0 Å². The van der Waals surface area contributed by atoms with Crippen LogP contribution in [0.5, 0.6) is 5.88 Å². The highest BCUT2D eigenvalue weighted by atomic mass is 16.5. The second-order valence-corrected chi connectivity index (χ2v) is 6.93. The van der Waals surface area contributed by atoms with Crippen molar-refractivity contribution in [2.24, 2.45) is 0 Å². The molecule has 3 heterocycles. The fourth-order valence-electron chi connectivity index (χ4n) is 2.70. The van der Waals surface area contributed by atoms with Gasteiger partial charge in [0.1, 0.15) is 17.6 Å². The Morgan fingerprint density at radius 2 is 2.03 bits per heavy atom. The third-order valence-corrected chi connectivity index (χ3v) is 4.04. The van der Waals surface area contributed by atoms with Crippen molar-refractivity contribution in [2.75, 3.05) is 12.4 Å². The summed E-state index contributed by atoms with van der Waals surface area (Å²) in [6, 6.07) is 9.26. The van der Waals surface area contributed by atoms with E-state index >= 15 is 0 Å². The van der Waals surface area contributed by atoms with Gasteiger partial charge in [-0.2, -0.15) is 19.7 Å². The number of aliphatic hydroxyl groups is 1. The summed E-state index contributed by atoms with van der Waals surface area (Å²) in [5.74, 6) is 6.88. The van der Waals surface area contributed by atoms with Crippen molar-refractivity contribution in [3.63, 3.8) is 0 Å². The minimum Gasteiger partial charge on any atom is -0.480 e. The van der Waals surface area contributed by atoms with Crippen LogP contribution in [0, 0.1) is 11.8 Å². The monoisotopic (exact) mass is 401 g/mol. The molecule has 0 spiro atoms. The highest BCUT2D eigenvalue weighted by Crippen LogP contribution is 2.23. The first-order chi connectivity index (χ1) is 14.4. The first-order valence-corrected chi connectivity index (χ1v) is 9.12. The summed E-state index contributed by atoms with van der Waals surface area (Å²) in [4.78, 5) is 17.0. The van der Waals surface area contributed by atoms with Crippen LogP contribution >= 0.6 is 0 Å². The van der Waals surface area contributed by atoms with E-state index in [0.29, 0.717) is 23.5 Å². The fraction of sp³-hybridized carbons (Fsp3) is 0.190. The van der Waals surface area contributed by atoms with Gasteiger partial charge in [0.25, 0.3) is 5.95 Å². The highest BCUT2D eigenvalue weighted by molar-refractivity contribution is 5.81. The van der Waals surface area contributed by atoms with E-state index < -0.39 is 5.60 Å². The van der Waals surface area contributed by atoms with Crippen LogP contribution < -0.4 is 10.1 Å². The molecule has 0 unspecified atom stereocenters. The number of aromatic nitrogens is 6. The SMILES string of the molecule is COc1ncccc1Nc1ncnc(-n2ncc3ccc(C#CC(C)(C)O)cc32)n1. The third-order valence-electron chi connectivity index (χ3n) is 4.04. The van der Waals surface area contributed by atoms with Gasteiger partial charge in [0, 0.05) is 17.1 Å². The average molecular weight is 401 g/mol. The number of fused-ring (bicyclic) bond motifs is 1. The maximum absolute atomic E-state index is 9.84. The van der Waals surface area contributed by atoms with Crippen LogP contribution in [0.2, 0.25) is 0 Å². The van der Waals surface area contributed by atoms with E-state index in [4.69, 9.17) is 4.74 Å². The number of nitrogens with one attached hydrogen (secondary N) is 1. The summed E-state index contributed by atoms with van der Waals surface area (Å²) in [6.45, 7) is 3.28. The molecule has 0 atom stereocenters. The molecule has 0 radical (unpaired) electrons. The Morgan fingerprint density at radius 1 is 1.17 bits per heavy atom. The number of hydrogen-bond acceptors (Lipinski definition) is 8. The summed E-state index contributed by atoms with van der Waals surface area (Å²) in [7, 11) is 1.54. The molecule has 2 N–H and O–H groups in total. The van der Waals surface area contributed by atoms with Crippen molar-refractivity contribution in [1.82, 2.24) is 29.7 Å². The van der Waals surface area contributed by atoms with Crippen LogP contribution in [0.3, 0.4) is 0 Å². The van der Waals surface area contributed by atoms with Gasteiger partial charge in [-0.15, -0.1) is 0 Å². The van der Waals surface area contributed by atoms with Gasteiger partial charge in [0.2, 0.25) is 11.8 Å². The van der Waals surface area contributed by atoms with E-state index in [1.807, 2.05) is 24.3 Å². The van der Waals surface area contributed by atoms with Crippen molar-refractivity contribution < 1.29 is 9.84 Å². The molecule has 0 aliphatic heterocycles. The zero-order valence-corrected chi connectivity index (χ0v) is 16.7. The summed E-state index contributed by atoms with van der Waals surface area (Å²) in [5.41, 5.74) is 1.09. The lowest BCUT2D eigenvalue weighted by Crippen LogP contribution is -2.14. The molecule has 3 aromatic heterocycles. The summed E-state index contributed by atoms with van der Waals surface area (Å²) < 4.78 is 6.85. The van der Waals surface area contributed by atoms with Gasteiger partial charge in [-0.05, 0) is 44.2 Å². The molecule has 0 bridgehead atoms. The van der Waals surface area contributed by atoms with E-state index in [2.05, 4.69) is 42.2 Å². The smallest absolute Gasteiger partial charge is 0.255 e. The lowest BCUT2D eigenvalue weighted by atomic mass is 10.1. The van der Waals surface area contributed by atoms with Crippen LogP contribution in [0.1, 0.15) is 19.4 Å². The van der Waals surface area contributed by atoms with Gasteiger partial charge >= 0.3 is 0 Å². The Morgan fingerprint density at radius 3 is 2.83 bits per heavy atom. The third kappa shape index (κ3) is 4.19. The number of rotatable bonds is 4. The number of methoxy groups -OCH3 is 1. The minimum atomic E-state index is -1.07. The Kier molecular flexibility index (Phi) is 5.00. The number of nitrogens with zero attached hydrogens (tertiary/aromatic N) is 6. The number of pyridine rings is 1. The normalized spacial score (nSPS) is 11.1. The molecule has 4 aromatic rings. The number of anilines is 2. The van der Waals surface area contributed by atoms with Crippen LogP contribution in [0.4, 0.5) is 11.6 Å². The predicted octanol–water partition coefficient (Wildman–Crippen LogP) is 2.48. The molecule has 30 heavy (non-hydrogen) atoms. The zero-order chi connectivity index (χ0) is 21.1. The van der Waals surface area contributed by atoms with E-state index in [0.717, 1.165) is 16.5 Å². The molecule has 1 aromatic carbocycles. The highest BCUT2D eigenvalue weighted by Gasteiger charge is 2.12. The van der Waals surface area contributed by atoms with Gasteiger partial charge in [-0.25, -0.2) is 9.97 Å². The van der Waals surface area contributed by atoms with Crippen molar-refractivity contribution in [1.29, 1.82) is 0 Å². The largest absolute Gasteiger partial charge is 0.480 e. The zero-order valence-electron chi connectivity index (χ0n) is 16.7. The molecule has 0 aliphatic rings. The van der Waals surface area contributed by atoms with Crippen molar-refractivity contribution in [3.8, 4) is 23.7 Å². The van der Waals surface area contributed by atoms with E-state index in [9.17, 15) is 5.11 Å². The maximum Gasteiger partial charge on any atom is 0.255 e. The number of benzene rings is 1. The van der Waals surface area contributed by atoms with E-state index in [-0.39, 0.29) is 0 Å². The second-order valence-electron chi connectivity index (χ2n) is 6.93. The van der Waals surface area contributed by atoms with Crippen LogP contribution in [0.15, 0.2) is 49.1 Å². The van der Waals surface area contributed by atoms with E-state index in [1.54, 1.807) is 44.1 Å². The summed E-state index contributed by atoms with van der Waals surface area (Å²) in [5, 5.41) is 18.2. The van der Waals surface area contributed by atoms with Gasteiger partial charge in [0.05, 0.1) is 18.8 Å². The molecule has 0 saturated carbocycles. The Hall–Kier alpha value is -4.03. The maximum atomic E-state index is 9.84. The molecule has 4 rings (SSSR count). The van der Waals surface area contributed by atoms with Crippen molar-refractivity contribution in [2.45, 2.75) is 19.4 Å². The summed E-state index contributed by atoms with van der Waals surface area (Å²) >= 11 is 0. The van der Waals surface area contributed by atoms with Crippen LogP contribution in [-0.2, 0) is 0 Å². The number of ether oxygens (including phenoxy) is 1. The standard InChI is InChI=1S/C21H19N7O2/c1-21(2,29)9-8-14-6-7-15-12-25-28(17(15)11-14)20-24-13-23-19(27-20)26-16-5-4-10-22-18(16)30-3/h4-7,10-13,29H,1-3H3,(H,23,24,26,27). The first-order valence-electron chi connectivity index (χ1n) is 9.12. The van der Waals surface area contributed by atoms with Crippen LogP contribution in [-0.4, -0.2) is 47.5 Å². The Balaban J connectivity index is 1.70. The molecule has 0 aliphatic carbocycles. The topological polar surface area (TPSA) is 111 Å². The quantitative estimate of drug-likeness (QED) is 0.502. The molecular formula is C21H19N7O2. The van der Waals surface area contributed by atoms with E-state index in [1.165, 1.54) is 6.33 Å². The average Bonchev–Trinajstić information content (AvgIpc) is 3.16.